The Bertz CT molecular complexity index is 630. The maximum absolute atomic E-state index is 10.00. The van der Waals surface area contributed by atoms with Crippen LogP contribution in [0.3, 0.4) is 0 Å². The molecule has 5 heteroatoms. The summed E-state index contributed by atoms with van der Waals surface area (Å²) in [6.45, 7) is 3.61. The molecule has 1 heterocycles. The molecule has 1 unspecified atom stereocenters. The summed E-state index contributed by atoms with van der Waals surface area (Å²) in [6, 6.07) is 5.53. The van der Waals surface area contributed by atoms with E-state index >= 15 is 0 Å². The molecule has 0 fully saturated rings. The van der Waals surface area contributed by atoms with Gasteiger partial charge in [0.05, 0.1) is 23.2 Å². The van der Waals surface area contributed by atoms with Gasteiger partial charge in [-0.15, -0.1) is 6.58 Å². The molecule has 0 radical (unpaired) electrons. The van der Waals surface area contributed by atoms with Gasteiger partial charge in [-0.1, -0.05) is 17.7 Å². The normalized spacial score (nSPS) is 12.4. The molecule has 0 aliphatic heterocycles. The highest BCUT2D eigenvalue weighted by molar-refractivity contribution is 9.10. The lowest BCUT2D eigenvalue weighted by Gasteiger charge is -2.12. The average Bonchev–Trinajstić information content (AvgIpc) is 2.38. The van der Waals surface area contributed by atoms with Crippen molar-refractivity contribution in [3.63, 3.8) is 0 Å². The van der Waals surface area contributed by atoms with Crippen molar-refractivity contribution in [2.45, 2.75) is 12.5 Å². The van der Waals surface area contributed by atoms with Crippen molar-refractivity contribution in [2.75, 3.05) is 7.11 Å². The van der Waals surface area contributed by atoms with Gasteiger partial charge in [-0.2, -0.15) is 0 Å². The summed E-state index contributed by atoms with van der Waals surface area (Å²) in [5, 5.41) is 11.2. The van der Waals surface area contributed by atoms with E-state index in [2.05, 4.69) is 27.5 Å². The summed E-state index contributed by atoms with van der Waals surface area (Å²) in [7, 11) is 1.59. The Kier molecular flexibility index (Phi) is 4.45. The number of ether oxygens (including phenoxy) is 1. The van der Waals surface area contributed by atoms with Crippen molar-refractivity contribution in [3.8, 4) is 5.75 Å². The third-order valence-electron chi connectivity index (χ3n) is 2.82. The number of fused-ring (bicyclic) bond motifs is 1. The zero-order valence-corrected chi connectivity index (χ0v) is 12.7. The summed E-state index contributed by atoms with van der Waals surface area (Å²) in [5.41, 5.74) is 1.32. The van der Waals surface area contributed by atoms with Crippen LogP contribution in [-0.4, -0.2) is 17.2 Å². The monoisotopic (exact) mass is 341 g/mol. The van der Waals surface area contributed by atoms with Crippen LogP contribution in [0.2, 0.25) is 5.15 Å². The molecule has 1 aromatic heterocycles. The Labute approximate surface area is 125 Å². The van der Waals surface area contributed by atoms with Crippen molar-refractivity contribution in [1.82, 2.24) is 4.98 Å². The molecule has 0 saturated carbocycles. The number of aliphatic hydroxyl groups is 1. The van der Waals surface area contributed by atoms with E-state index in [9.17, 15) is 5.11 Å². The predicted octanol–water partition coefficient (Wildman–Crippen LogP) is 4.27. The summed E-state index contributed by atoms with van der Waals surface area (Å²) < 4.78 is 6.05. The standard InChI is InChI=1S/C14H13BrClNO2/c1-3-4-12(18)9-5-8-6-10(15)13(19-2)7-11(8)17-14(9)16/h3,5-7,12,18H,1,4H2,2H3. The van der Waals surface area contributed by atoms with Crippen LogP contribution in [0.4, 0.5) is 0 Å². The Balaban J connectivity index is 2.59. The number of benzene rings is 1. The number of nitrogens with zero attached hydrogens (tertiary/aromatic N) is 1. The zero-order chi connectivity index (χ0) is 14.0. The van der Waals surface area contributed by atoms with Crippen LogP contribution in [-0.2, 0) is 0 Å². The van der Waals surface area contributed by atoms with E-state index in [0.717, 1.165) is 15.4 Å². The highest BCUT2D eigenvalue weighted by atomic mass is 79.9. The van der Waals surface area contributed by atoms with E-state index in [0.29, 0.717) is 22.9 Å². The third kappa shape index (κ3) is 2.91. The number of methoxy groups -OCH3 is 1. The summed E-state index contributed by atoms with van der Waals surface area (Å²) in [6.07, 6.45) is 1.39. The first kappa shape index (κ1) is 14.3. The Hall–Kier alpha value is -1.10. The smallest absolute Gasteiger partial charge is 0.135 e. The SMILES string of the molecule is C=CCC(O)c1cc2cc(Br)c(OC)cc2nc1Cl. The fourth-order valence-corrected chi connectivity index (χ4v) is 2.64. The first-order valence-corrected chi connectivity index (χ1v) is 6.86. The highest BCUT2D eigenvalue weighted by Gasteiger charge is 2.14. The van der Waals surface area contributed by atoms with Gasteiger partial charge in [0.25, 0.3) is 0 Å². The minimum Gasteiger partial charge on any atom is -0.495 e. The molecular weight excluding hydrogens is 330 g/mol. The molecule has 1 atom stereocenters. The van der Waals surface area contributed by atoms with Crippen LogP contribution in [0.25, 0.3) is 10.9 Å². The minimum atomic E-state index is -0.692. The lowest BCUT2D eigenvalue weighted by Crippen LogP contribution is -1.99. The van der Waals surface area contributed by atoms with Crippen molar-refractivity contribution >= 4 is 38.4 Å². The number of pyridine rings is 1. The van der Waals surface area contributed by atoms with E-state index in [1.807, 2.05) is 12.1 Å². The molecule has 2 aromatic rings. The molecule has 2 rings (SSSR count). The molecule has 0 aliphatic carbocycles. The fourth-order valence-electron chi connectivity index (χ4n) is 1.84. The van der Waals surface area contributed by atoms with E-state index < -0.39 is 6.10 Å². The van der Waals surface area contributed by atoms with Crippen molar-refractivity contribution < 1.29 is 9.84 Å². The van der Waals surface area contributed by atoms with Crippen LogP contribution in [0.1, 0.15) is 18.1 Å². The third-order valence-corrected chi connectivity index (χ3v) is 3.74. The summed E-state index contributed by atoms with van der Waals surface area (Å²) in [5.74, 6) is 0.690. The molecule has 3 nitrogen and oxygen atoms in total. The quantitative estimate of drug-likeness (QED) is 0.666. The fraction of sp³-hybridized carbons (Fsp3) is 0.214. The minimum absolute atomic E-state index is 0.297. The van der Waals surface area contributed by atoms with Gasteiger partial charge in [-0.05, 0) is 34.5 Å². The van der Waals surface area contributed by atoms with Gasteiger partial charge in [0.2, 0.25) is 0 Å². The van der Waals surface area contributed by atoms with Crippen LogP contribution < -0.4 is 4.74 Å². The number of rotatable bonds is 4. The van der Waals surface area contributed by atoms with Gasteiger partial charge >= 0.3 is 0 Å². The van der Waals surface area contributed by atoms with Crippen LogP contribution in [0.15, 0.2) is 35.3 Å². The number of aliphatic hydroxyl groups excluding tert-OH is 1. The number of hydrogen-bond donors (Lipinski definition) is 1. The highest BCUT2D eigenvalue weighted by Crippen LogP contribution is 2.33. The van der Waals surface area contributed by atoms with Gasteiger partial charge in [-0.3, -0.25) is 0 Å². The van der Waals surface area contributed by atoms with Gasteiger partial charge < -0.3 is 9.84 Å². The Morgan fingerprint density at radius 3 is 2.89 bits per heavy atom. The predicted molar refractivity (Wildman–Crippen MR) is 80.8 cm³/mol. The van der Waals surface area contributed by atoms with Crippen molar-refractivity contribution in [3.05, 3.63) is 46.0 Å². The van der Waals surface area contributed by atoms with E-state index in [1.54, 1.807) is 19.3 Å². The zero-order valence-electron chi connectivity index (χ0n) is 10.4. The van der Waals surface area contributed by atoms with Gasteiger partial charge in [-0.25, -0.2) is 4.98 Å². The molecule has 19 heavy (non-hydrogen) atoms. The second-order valence-corrected chi connectivity index (χ2v) is 5.30. The maximum Gasteiger partial charge on any atom is 0.135 e. The van der Waals surface area contributed by atoms with E-state index in [4.69, 9.17) is 16.3 Å². The molecule has 1 aromatic carbocycles. The van der Waals surface area contributed by atoms with Crippen LogP contribution >= 0.6 is 27.5 Å². The first-order valence-electron chi connectivity index (χ1n) is 5.69. The molecule has 0 aliphatic rings. The second-order valence-electron chi connectivity index (χ2n) is 4.09. The molecular formula is C14H13BrClNO2. The van der Waals surface area contributed by atoms with E-state index in [-0.39, 0.29) is 0 Å². The molecule has 1 N–H and O–H groups in total. The van der Waals surface area contributed by atoms with Gasteiger partial charge in [0.15, 0.2) is 0 Å². The topological polar surface area (TPSA) is 42.4 Å². The molecule has 0 spiro atoms. The average molecular weight is 343 g/mol. The molecule has 0 saturated heterocycles. The Morgan fingerprint density at radius 1 is 1.53 bits per heavy atom. The molecule has 0 bridgehead atoms. The number of halogens is 2. The Morgan fingerprint density at radius 2 is 2.26 bits per heavy atom. The van der Waals surface area contributed by atoms with Crippen molar-refractivity contribution in [1.29, 1.82) is 0 Å². The van der Waals surface area contributed by atoms with Crippen LogP contribution in [0.5, 0.6) is 5.75 Å². The molecule has 0 amide bonds. The van der Waals surface area contributed by atoms with Crippen molar-refractivity contribution in [2.24, 2.45) is 0 Å². The van der Waals surface area contributed by atoms with Crippen LogP contribution in [0, 0.1) is 0 Å². The molecule has 100 valence electrons. The maximum atomic E-state index is 10.00. The lowest BCUT2D eigenvalue weighted by atomic mass is 10.1. The largest absolute Gasteiger partial charge is 0.495 e. The lowest BCUT2D eigenvalue weighted by molar-refractivity contribution is 0.181. The van der Waals surface area contributed by atoms with Gasteiger partial charge in [0, 0.05) is 17.0 Å². The summed E-state index contributed by atoms with van der Waals surface area (Å²) in [4.78, 5) is 4.30. The van der Waals surface area contributed by atoms with E-state index in [1.165, 1.54) is 0 Å². The van der Waals surface area contributed by atoms with Gasteiger partial charge in [0.1, 0.15) is 10.9 Å². The number of hydrogen-bond acceptors (Lipinski definition) is 3. The second kappa shape index (κ2) is 5.90. The first-order chi connectivity index (χ1) is 9.06. The summed E-state index contributed by atoms with van der Waals surface area (Å²) >= 11 is 9.54. The number of aromatic nitrogens is 1.